The van der Waals surface area contributed by atoms with Gasteiger partial charge in [-0.15, -0.1) is 0 Å². The van der Waals surface area contributed by atoms with Gasteiger partial charge in [0.05, 0.1) is 24.5 Å². The van der Waals surface area contributed by atoms with Gasteiger partial charge in [0, 0.05) is 19.7 Å². The molecule has 1 fully saturated rings. The molecule has 30 heavy (non-hydrogen) atoms. The third kappa shape index (κ3) is 4.05. The molecule has 0 radical (unpaired) electrons. The van der Waals surface area contributed by atoms with Crippen LogP contribution in [0, 0.1) is 12.8 Å². The summed E-state index contributed by atoms with van der Waals surface area (Å²) < 4.78 is 18.4. The van der Waals surface area contributed by atoms with Gasteiger partial charge in [-0.3, -0.25) is 14.2 Å². The van der Waals surface area contributed by atoms with Crippen molar-refractivity contribution in [1.82, 2.24) is 14.5 Å². The largest absolute Gasteiger partial charge is 0.467 e. The number of rotatable bonds is 7. The molecule has 0 aliphatic carbocycles. The van der Waals surface area contributed by atoms with Gasteiger partial charge in [-0.1, -0.05) is 13.8 Å². The topological polar surface area (TPSA) is 90.7 Å². The lowest BCUT2D eigenvalue weighted by atomic mass is 10.1. The zero-order chi connectivity index (χ0) is 21.3. The molecule has 1 amide bonds. The molecule has 160 valence electrons. The first-order chi connectivity index (χ1) is 14.4. The maximum absolute atomic E-state index is 13.6. The molecule has 0 saturated carbocycles. The highest BCUT2D eigenvalue weighted by molar-refractivity contribution is 6.06. The minimum Gasteiger partial charge on any atom is -0.467 e. The number of hydrogen-bond donors (Lipinski definition) is 0. The van der Waals surface area contributed by atoms with Gasteiger partial charge in [0.15, 0.2) is 0 Å². The van der Waals surface area contributed by atoms with Crippen LogP contribution in [0.4, 0.5) is 0 Å². The molecule has 0 N–H and O–H groups in total. The lowest BCUT2D eigenvalue weighted by Crippen LogP contribution is -2.37. The zero-order valence-electron chi connectivity index (χ0n) is 17.6. The molecule has 4 rings (SSSR count). The van der Waals surface area contributed by atoms with Gasteiger partial charge in [0.2, 0.25) is 5.71 Å². The number of amides is 1. The minimum atomic E-state index is -0.278. The SMILES string of the molecule is Cc1oc2ncn(CC(C)C)c(=O)c2c1C(=O)N(Cc1ccco1)C[C@H]1CCCO1. The number of furan rings is 2. The number of aryl methyl sites for hydroxylation is 1. The van der Waals surface area contributed by atoms with E-state index in [0.29, 0.717) is 31.2 Å². The predicted octanol–water partition coefficient (Wildman–Crippen LogP) is 3.37. The van der Waals surface area contributed by atoms with E-state index in [-0.39, 0.29) is 46.7 Å². The van der Waals surface area contributed by atoms with Crippen molar-refractivity contribution in [2.45, 2.75) is 52.8 Å². The van der Waals surface area contributed by atoms with Gasteiger partial charge in [0.25, 0.3) is 11.5 Å². The highest BCUT2D eigenvalue weighted by Gasteiger charge is 2.30. The smallest absolute Gasteiger partial charge is 0.265 e. The van der Waals surface area contributed by atoms with E-state index in [0.717, 1.165) is 12.8 Å². The maximum Gasteiger partial charge on any atom is 0.265 e. The number of carbonyl (C=O) groups excluding carboxylic acids is 1. The Labute approximate surface area is 174 Å². The Kier molecular flexibility index (Phi) is 5.76. The minimum absolute atomic E-state index is 0.0295. The Morgan fingerprint density at radius 1 is 1.40 bits per heavy atom. The number of carbonyl (C=O) groups is 1. The molecule has 4 heterocycles. The molecule has 3 aromatic heterocycles. The fourth-order valence-electron chi connectivity index (χ4n) is 3.92. The van der Waals surface area contributed by atoms with Crippen LogP contribution in [0.3, 0.4) is 0 Å². The van der Waals surface area contributed by atoms with E-state index in [2.05, 4.69) is 4.98 Å². The first-order valence-electron chi connectivity index (χ1n) is 10.4. The fraction of sp³-hybridized carbons (Fsp3) is 0.500. The van der Waals surface area contributed by atoms with Crippen LogP contribution in [0.1, 0.15) is 48.6 Å². The lowest BCUT2D eigenvalue weighted by Gasteiger charge is -2.24. The van der Waals surface area contributed by atoms with Crippen molar-refractivity contribution in [3.8, 4) is 0 Å². The van der Waals surface area contributed by atoms with Gasteiger partial charge >= 0.3 is 0 Å². The average molecular weight is 413 g/mol. The maximum atomic E-state index is 13.6. The van der Waals surface area contributed by atoms with E-state index in [9.17, 15) is 9.59 Å². The van der Waals surface area contributed by atoms with Crippen LogP contribution in [-0.4, -0.2) is 39.6 Å². The van der Waals surface area contributed by atoms with Gasteiger partial charge < -0.3 is 18.5 Å². The van der Waals surface area contributed by atoms with Crippen molar-refractivity contribution in [3.05, 3.63) is 52.2 Å². The van der Waals surface area contributed by atoms with E-state index in [1.807, 2.05) is 19.9 Å². The Hall–Kier alpha value is -2.87. The molecule has 1 saturated heterocycles. The van der Waals surface area contributed by atoms with Crippen molar-refractivity contribution in [1.29, 1.82) is 0 Å². The summed E-state index contributed by atoms with van der Waals surface area (Å²) in [5.41, 5.74) is 0.199. The predicted molar refractivity (Wildman–Crippen MR) is 110 cm³/mol. The molecular weight excluding hydrogens is 386 g/mol. The standard InChI is InChI=1S/C22H27N3O5/c1-14(2)10-25-13-23-20-19(22(25)27)18(15(3)30-20)21(26)24(11-16-6-4-8-28-16)12-17-7-5-9-29-17/h4,6,8,13-14,17H,5,7,9-12H2,1-3H3/t17-/m1/s1. The van der Waals surface area contributed by atoms with Crippen molar-refractivity contribution < 1.29 is 18.4 Å². The van der Waals surface area contributed by atoms with E-state index in [1.54, 1.807) is 24.2 Å². The second-order valence-corrected chi connectivity index (χ2v) is 8.21. The molecule has 1 atom stereocenters. The monoisotopic (exact) mass is 413 g/mol. The molecule has 8 nitrogen and oxygen atoms in total. The number of aromatic nitrogens is 2. The summed E-state index contributed by atoms with van der Waals surface area (Å²) in [7, 11) is 0. The summed E-state index contributed by atoms with van der Waals surface area (Å²) in [6.45, 7) is 7.67. The van der Waals surface area contributed by atoms with Crippen molar-refractivity contribution in [2.24, 2.45) is 5.92 Å². The summed E-state index contributed by atoms with van der Waals surface area (Å²) in [6.07, 6.45) is 4.91. The number of nitrogens with zero attached hydrogens (tertiary/aromatic N) is 3. The summed E-state index contributed by atoms with van der Waals surface area (Å²) >= 11 is 0. The van der Waals surface area contributed by atoms with E-state index in [4.69, 9.17) is 13.6 Å². The Balaban J connectivity index is 1.74. The van der Waals surface area contributed by atoms with Crippen molar-refractivity contribution in [2.75, 3.05) is 13.2 Å². The van der Waals surface area contributed by atoms with Crippen LogP contribution in [0.15, 0.2) is 38.4 Å². The lowest BCUT2D eigenvalue weighted by molar-refractivity contribution is 0.0491. The summed E-state index contributed by atoms with van der Waals surface area (Å²) in [6, 6.07) is 3.62. The highest BCUT2D eigenvalue weighted by atomic mass is 16.5. The first kappa shape index (κ1) is 20.4. The molecule has 0 spiro atoms. The van der Waals surface area contributed by atoms with Crippen LogP contribution >= 0.6 is 0 Å². The Morgan fingerprint density at radius 3 is 2.90 bits per heavy atom. The van der Waals surface area contributed by atoms with Crippen LogP contribution in [0.25, 0.3) is 11.1 Å². The molecular formula is C22H27N3O5. The van der Waals surface area contributed by atoms with Crippen LogP contribution in [-0.2, 0) is 17.8 Å². The van der Waals surface area contributed by atoms with Gasteiger partial charge in [0.1, 0.15) is 23.2 Å². The molecule has 1 aliphatic rings. The molecule has 1 aliphatic heterocycles. The van der Waals surface area contributed by atoms with E-state index >= 15 is 0 Å². The normalized spacial score (nSPS) is 16.6. The molecule has 8 heteroatoms. The quantitative estimate of drug-likeness (QED) is 0.590. The molecule has 0 unspecified atom stereocenters. The molecule has 0 aromatic carbocycles. The van der Waals surface area contributed by atoms with E-state index < -0.39 is 0 Å². The second kappa shape index (κ2) is 8.47. The van der Waals surface area contributed by atoms with Gasteiger partial charge in [-0.2, -0.15) is 0 Å². The van der Waals surface area contributed by atoms with Crippen LogP contribution < -0.4 is 5.56 Å². The average Bonchev–Trinajstić information content (AvgIpc) is 3.44. The molecule has 3 aromatic rings. The zero-order valence-corrected chi connectivity index (χ0v) is 17.6. The van der Waals surface area contributed by atoms with Crippen LogP contribution in [0.2, 0.25) is 0 Å². The Morgan fingerprint density at radius 2 is 2.23 bits per heavy atom. The van der Waals surface area contributed by atoms with Gasteiger partial charge in [-0.25, -0.2) is 4.98 Å². The summed E-state index contributed by atoms with van der Waals surface area (Å²) in [5.74, 6) is 1.05. The summed E-state index contributed by atoms with van der Waals surface area (Å²) in [5, 5.41) is 0.234. The third-order valence-electron chi connectivity index (χ3n) is 5.29. The van der Waals surface area contributed by atoms with Crippen molar-refractivity contribution in [3.63, 3.8) is 0 Å². The number of ether oxygens (including phenoxy) is 1. The number of hydrogen-bond acceptors (Lipinski definition) is 6. The van der Waals surface area contributed by atoms with Gasteiger partial charge in [-0.05, 0) is 37.8 Å². The van der Waals surface area contributed by atoms with Crippen molar-refractivity contribution >= 4 is 17.0 Å². The molecule has 0 bridgehead atoms. The highest BCUT2D eigenvalue weighted by Crippen LogP contribution is 2.25. The first-order valence-corrected chi connectivity index (χ1v) is 10.4. The third-order valence-corrected chi connectivity index (χ3v) is 5.29. The Bertz CT molecular complexity index is 1070. The second-order valence-electron chi connectivity index (χ2n) is 8.21. The fourth-order valence-corrected chi connectivity index (χ4v) is 3.92. The number of fused-ring (bicyclic) bond motifs is 1. The summed E-state index contributed by atoms with van der Waals surface area (Å²) in [4.78, 5) is 32.7. The van der Waals surface area contributed by atoms with E-state index in [1.165, 1.54) is 10.9 Å². The van der Waals surface area contributed by atoms with Crippen LogP contribution in [0.5, 0.6) is 0 Å².